The number of rotatable bonds is 7. The van der Waals surface area contributed by atoms with Gasteiger partial charge < -0.3 is 9.74 Å². The van der Waals surface area contributed by atoms with E-state index in [9.17, 15) is 0 Å². The molecule has 1 fully saturated rings. The molecule has 0 radical (unpaired) electrons. The molecule has 0 bridgehead atoms. The third-order valence-electron chi connectivity index (χ3n) is 5.12. The van der Waals surface area contributed by atoms with E-state index in [0.717, 1.165) is 11.4 Å². The highest BCUT2D eigenvalue weighted by Gasteiger charge is 2.37. The number of thioether (sulfide) groups is 1. The van der Waals surface area contributed by atoms with Crippen LogP contribution >= 0.6 is 23.4 Å². The minimum atomic E-state index is 0.0611. The quantitative estimate of drug-likeness (QED) is 0.353. The van der Waals surface area contributed by atoms with Crippen molar-refractivity contribution in [2.24, 2.45) is 21.1 Å². The van der Waals surface area contributed by atoms with Crippen molar-refractivity contribution in [2.45, 2.75) is 28.8 Å². The van der Waals surface area contributed by atoms with Gasteiger partial charge >= 0.3 is 0 Å². The van der Waals surface area contributed by atoms with E-state index in [4.69, 9.17) is 21.4 Å². The highest BCUT2D eigenvalue weighted by atomic mass is 35.5. The number of halogens is 1. The molecule has 1 aliphatic heterocycles. The lowest BCUT2D eigenvalue weighted by atomic mass is 10.0. The molecule has 1 aliphatic carbocycles. The summed E-state index contributed by atoms with van der Waals surface area (Å²) in [5.74, 6) is 3.79. The number of benzene rings is 1. The molecule has 2 heterocycles. The third kappa shape index (κ3) is 4.93. The zero-order valence-corrected chi connectivity index (χ0v) is 18.3. The smallest absolute Gasteiger partial charge is 0.207 e. The van der Waals surface area contributed by atoms with Crippen LogP contribution in [-0.2, 0) is 4.84 Å². The summed E-state index contributed by atoms with van der Waals surface area (Å²) in [4.78, 5) is 19.8. The Bertz CT molecular complexity index is 986. The molecule has 0 N–H and O–H groups in total. The fourth-order valence-electron chi connectivity index (χ4n) is 3.44. The van der Waals surface area contributed by atoms with Gasteiger partial charge in [-0.25, -0.2) is 4.98 Å². The van der Waals surface area contributed by atoms with Crippen LogP contribution in [0.25, 0.3) is 0 Å². The van der Waals surface area contributed by atoms with Crippen LogP contribution in [0.1, 0.15) is 29.5 Å². The minimum Gasteiger partial charge on any atom is -0.351 e. The molecule has 2 aromatic rings. The second-order valence-electron chi connectivity index (χ2n) is 7.23. The van der Waals surface area contributed by atoms with E-state index in [-0.39, 0.29) is 11.4 Å². The SMILES string of the molecule is CN=CON=C=CC1C[C@@H]1c1ccc(C2N=CN(C)C2Sc2ccc(Cl)cn2)cc1. The first-order valence-electron chi connectivity index (χ1n) is 9.64. The van der Waals surface area contributed by atoms with Gasteiger partial charge in [0.05, 0.1) is 16.4 Å². The highest BCUT2D eigenvalue weighted by Crippen LogP contribution is 2.48. The maximum absolute atomic E-state index is 5.96. The molecule has 3 unspecified atom stereocenters. The number of pyridine rings is 1. The third-order valence-corrected chi connectivity index (χ3v) is 6.65. The molecule has 1 aromatic heterocycles. The van der Waals surface area contributed by atoms with Crippen molar-refractivity contribution in [2.75, 3.05) is 14.1 Å². The van der Waals surface area contributed by atoms with Crippen LogP contribution in [-0.4, -0.2) is 48.0 Å². The number of likely N-dealkylation sites (N-methyl/N-ethyl adjacent to an activating group) is 1. The highest BCUT2D eigenvalue weighted by molar-refractivity contribution is 7.99. The first-order valence-corrected chi connectivity index (χ1v) is 10.9. The Morgan fingerprint density at radius 3 is 2.77 bits per heavy atom. The average molecular weight is 440 g/mol. The molecular weight excluding hydrogens is 418 g/mol. The normalized spacial score (nSPS) is 24.7. The van der Waals surface area contributed by atoms with Gasteiger partial charge in [-0.05, 0) is 52.7 Å². The molecule has 0 amide bonds. The van der Waals surface area contributed by atoms with Crippen LogP contribution in [0, 0.1) is 5.92 Å². The molecule has 2 aliphatic rings. The van der Waals surface area contributed by atoms with Crippen LogP contribution in [0.15, 0.2) is 68.8 Å². The number of hydrogen-bond acceptors (Lipinski definition) is 7. The summed E-state index contributed by atoms with van der Waals surface area (Å²) in [5.41, 5.74) is 2.53. The van der Waals surface area contributed by atoms with Gasteiger partial charge in [-0.3, -0.25) is 9.98 Å². The molecule has 0 spiro atoms. The van der Waals surface area contributed by atoms with E-state index in [1.54, 1.807) is 25.0 Å². The molecule has 1 aromatic carbocycles. The van der Waals surface area contributed by atoms with E-state index in [2.05, 4.69) is 50.2 Å². The first-order chi connectivity index (χ1) is 14.7. The Balaban J connectivity index is 1.40. The Hall–Kier alpha value is -2.60. The van der Waals surface area contributed by atoms with E-state index in [1.807, 2.05) is 31.6 Å². The van der Waals surface area contributed by atoms with Crippen molar-refractivity contribution in [1.29, 1.82) is 0 Å². The summed E-state index contributed by atoms with van der Waals surface area (Å²) < 4.78 is 0. The number of hydrogen-bond donors (Lipinski definition) is 0. The van der Waals surface area contributed by atoms with Crippen LogP contribution < -0.4 is 0 Å². The van der Waals surface area contributed by atoms with E-state index < -0.39 is 0 Å². The number of allylic oxidation sites excluding steroid dienone is 1. The van der Waals surface area contributed by atoms with Gasteiger partial charge in [-0.2, -0.15) is 0 Å². The van der Waals surface area contributed by atoms with Crippen LogP contribution in [0.3, 0.4) is 0 Å². The Labute approximate surface area is 185 Å². The molecule has 8 heteroatoms. The van der Waals surface area contributed by atoms with Gasteiger partial charge in [0.15, 0.2) is 0 Å². The lowest BCUT2D eigenvalue weighted by Gasteiger charge is -2.24. The second-order valence-corrected chi connectivity index (χ2v) is 8.80. The monoisotopic (exact) mass is 439 g/mol. The Kier molecular flexibility index (Phi) is 6.53. The zero-order chi connectivity index (χ0) is 20.9. The lowest BCUT2D eigenvalue weighted by molar-refractivity contribution is 0.348. The first kappa shape index (κ1) is 20.7. The van der Waals surface area contributed by atoms with Crippen molar-refractivity contribution in [3.8, 4) is 0 Å². The van der Waals surface area contributed by atoms with Crippen LogP contribution in [0.4, 0.5) is 0 Å². The summed E-state index contributed by atoms with van der Waals surface area (Å²) in [6.45, 7) is 0. The molecule has 30 heavy (non-hydrogen) atoms. The molecule has 4 atom stereocenters. The topological polar surface area (TPSA) is 62.4 Å². The van der Waals surface area contributed by atoms with Gasteiger partial charge in [0.1, 0.15) is 11.4 Å². The van der Waals surface area contributed by atoms with Gasteiger partial charge in [0.2, 0.25) is 6.40 Å². The maximum Gasteiger partial charge on any atom is 0.207 e. The number of aliphatic imine (C=N–C) groups is 2. The second kappa shape index (κ2) is 9.47. The summed E-state index contributed by atoms with van der Waals surface area (Å²) in [7, 11) is 3.68. The van der Waals surface area contributed by atoms with Gasteiger partial charge in [-0.1, -0.05) is 47.6 Å². The minimum absolute atomic E-state index is 0.0611. The van der Waals surface area contributed by atoms with Crippen molar-refractivity contribution in [1.82, 2.24) is 9.88 Å². The fourth-order valence-corrected chi connectivity index (χ4v) is 4.64. The molecule has 154 valence electrons. The summed E-state index contributed by atoms with van der Waals surface area (Å²) in [6, 6.07) is 12.7. The Morgan fingerprint density at radius 2 is 2.03 bits per heavy atom. The predicted octanol–water partition coefficient (Wildman–Crippen LogP) is 4.79. The molecule has 4 rings (SSSR count). The summed E-state index contributed by atoms with van der Waals surface area (Å²) >= 11 is 7.65. The number of aromatic nitrogens is 1. The van der Waals surface area contributed by atoms with Crippen molar-refractivity contribution >= 4 is 42.0 Å². The zero-order valence-electron chi connectivity index (χ0n) is 16.7. The van der Waals surface area contributed by atoms with Crippen molar-refractivity contribution in [3.63, 3.8) is 0 Å². The van der Waals surface area contributed by atoms with Gasteiger partial charge in [0, 0.05) is 26.2 Å². The van der Waals surface area contributed by atoms with E-state index in [1.165, 1.54) is 17.5 Å². The largest absolute Gasteiger partial charge is 0.351 e. The van der Waals surface area contributed by atoms with Gasteiger partial charge in [-0.15, -0.1) is 0 Å². The van der Waals surface area contributed by atoms with Gasteiger partial charge in [0.25, 0.3) is 0 Å². The average Bonchev–Trinajstić information content (AvgIpc) is 3.45. The predicted molar refractivity (Wildman–Crippen MR) is 123 cm³/mol. The van der Waals surface area contributed by atoms with E-state index in [0.29, 0.717) is 16.9 Å². The molecule has 1 saturated carbocycles. The Morgan fingerprint density at radius 1 is 1.23 bits per heavy atom. The maximum atomic E-state index is 5.96. The van der Waals surface area contributed by atoms with Crippen molar-refractivity contribution < 1.29 is 4.84 Å². The van der Waals surface area contributed by atoms with Crippen LogP contribution in [0.2, 0.25) is 5.02 Å². The van der Waals surface area contributed by atoms with E-state index >= 15 is 0 Å². The lowest BCUT2D eigenvalue weighted by Crippen LogP contribution is -2.26. The summed E-state index contributed by atoms with van der Waals surface area (Å²) in [5, 5.41) is 5.44. The molecule has 6 nitrogen and oxygen atoms in total. The van der Waals surface area contributed by atoms with Crippen molar-refractivity contribution in [3.05, 3.63) is 64.8 Å². The van der Waals surface area contributed by atoms with Crippen LogP contribution in [0.5, 0.6) is 0 Å². The number of nitrogens with zero attached hydrogens (tertiary/aromatic N) is 5. The standard InChI is InChI=1S/C22H22ClN5OS/c1-24-14-29-27-10-9-17-11-19(17)15-3-5-16(6-4-15)21-22(28(2)13-26-21)30-20-8-7-18(23)12-25-20/h3-9,12-14,17,19,21-22H,11H2,1-2H3/t17?,19-,21?,22?/m1/s1. The fraction of sp³-hybridized carbons (Fsp3) is 0.318. The molecule has 0 saturated heterocycles. The summed E-state index contributed by atoms with van der Waals surface area (Å²) in [6.07, 6.45) is 7.93. The molecular formula is C22H22ClN5OS.